The minimum Gasteiger partial charge on any atom is -0.395 e. The molecular weight excluding hydrogens is 410 g/mol. The van der Waals surface area contributed by atoms with E-state index in [-0.39, 0.29) is 37.0 Å². The molecule has 1 aliphatic heterocycles. The van der Waals surface area contributed by atoms with Crippen molar-refractivity contribution in [3.8, 4) is 11.5 Å². The zero-order valence-electron chi connectivity index (χ0n) is 16.8. The molecular formula is C22H22F2N2O5. The highest BCUT2D eigenvalue weighted by Crippen LogP contribution is 2.41. The predicted molar refractivity (Wildman–Crippen MR) is 109 cm³/mol. The molecule has 0 saturated heterocycles. The third-order valence-corrected chi connectivity index (χ3v) is 5.07. The second-order valence-electron chi connectivity index (χ2n) is 7.38. The molecule has 0 saturated carbocycles. The van der Waals surface area contributed by atoms with Gasteiger partial charge in [0.1, 0.15) is 0 Å². The van der Waals surface area contributed by atoms with Crippen LogP contribution in [-0.2, 0) is 24.2 Å². The molecule has 31 heavy (non-hydrogen) atoms. The minimum atomic E-state index is -3.69. The van der Waals surface area contributed by atoms with Crippen molar-refractivity contribution in [1.29, 1.82) is 0 Å². The number of alkyl halides is 2. The number of hydrogen-bond donors (Lipinski definition) is 3. The number of benzene rings is 2. The van der Waals surface area contributed by atoms with Gasteiger partial charge in [0.25, 0.3) is 0 Å². The summed E-state index contributed by atoms with van der Waals surface area (Å²) in [5, 5.41) is 22.7. The van der Waals surface area contributed by atoms with E-state index in [1.807, 2.05) is 29.7 Å². The maximum absolute atomic E-state index is 13.1. The van der Waals surface area contributed by atoms with Crippen molar-refractivity contribution >= 4 is 22.5 Å². The van der Waals surface area contributed by atoms with Crippen LogP contribution in [0.5, 0.6) is 11.5 Å². The molecule has 0 spiro atoms. The number of nitrogens with zero attached hydrogens (tertiary/aromatic N) is 1. The zero-order valence-corrected chi connectivity index (χ0v) is 16.8. The van der Waals surface area contributed by atoms with Gasteiger partial charge in [-0.25, -0.2) is 0 Å². The summed E-state index contributed by atoms with van der Waals surface area (Å²) in [6.07, 6.45) is -3.83. The molecule has 0 radical (unpaired) electrons. The van der Waals surface area contributed by atoms with Crippen LogP contribution in [0, 0.1) is 0 Å². The van der Waals surface area contributed by atoms with Crippen LogP contribution < -0.4 is 14.8 Å². The van der Waals surface area contributed by atoms with Crippen molar-refractivity contribution in [2.24, 2.45) is 0 Å². The van der Waals surface area contributed by atoms with Gasteiger partial charge in [0.2, 0.25) is 5.91 Å². The average Bonchev–Trinajstić information content (AvgIpc) is 3.22. The summed E-state index contributed by atoms with van der Waals surface area (Å²) in [4.78, 5) is 12.5. The van der Waals surface area contributed by atoms with Crippen LogP contribution in [0.2, 0.25) is 0 Å². The highest BCUT2D eigenvalue weighted by molar-refractivity contribution is 5.95. The molecule has 164 valence electrons. The molecule has 3 N–H and O–H groups in total. The number of rotatable bonds is 7. The molecule has 7 nitrogen and oxygen atoms in total. The Kier molecular flexibility index (Phi) is 5.55. The first-order valence-corrected chi connectivity index (χ1v) is 9.87. The van der Waals surface area contributed by atoms with Gasteiger partial charge in [-0.1, -0.05) is 13.0 Å². The highest BCUT2D eigenvalue weighted by atomic mass is 19.3. The third kappa shape index (κ3) is 4.47. The molecule has 2 aromatic carbocycles. The molecule has 0 aliphatic carbocycles. The van der Waals surface area contributed by atoms with Gasteiger partial charge in [-0.15, -0.1) is 8.78 Å². The molecule has 4 rings (SSSR count). The first-order valence-electron chi connectivity index (χ1n) is 9.87. The number of ether oxygens (including phenoxy) is 2. The summed E-state index contributed by atoms with van der Waals surface area (Å²) < 4.78 is 37.0. The van der Waals surface area contributed by atoms with Crippen LogP contribution in [0.25, 0.3) is 10.9 Å². The fourth-order valence-electron chi connectivity index (χ4n) is 3.68. The Balaban J connectivity index is 1.48. The lowest BCUT2D eigenvalue weighted by molar-refractivity contribution is -0.286. The van der Waals surface area contributed by atoms with E-state index in [4.69, 9.17) is 5.11 Å². The lowest BCUT2D eigenvalue weighted by Gasteiger charge is -2.13. The summed E-state index contributed by atoms with van der Waals surface area (Å²) >= 11 is 0. The average molecular weight is 432 g/mol. The number of amides is 1. The molecule has 1 amide bonds. The van der Waals surface area contributed by atoms with Gasteiger partial charge in [-0.2, -0.15) is 0 Å². The lowest BCUT2D eigenvalue weighted by Crippen LogP contribution is -2.25. The van der Waals surface area contributed by atoms with E-state index in [1.54, 1.807) is 6.07 Å². The molecule has 0 fully saturated rings. The molecule has 1 aromatic heterocycles. The molecule has 0 bridgehead atoms. The third-order valence-electron chi connectivity index (χ3n) is 5.07. The normalized spacial score (nSPS) is 15.3. The van der Waals surface area contributed by atoms with E-state index in [1.165, 1.54) is 18.2 Å². The van der Waals surface area contributed by atoms with Gasteiger partial charge in [0.05, 0.1) is 25.7 Å². The molecule has 9 heteroatoms. The summed E-state index contributed by atoms with van der Waals surface area (Å²) in [6.45, 7) is 1.95. The number of halogens is 2. The van der Waals surface area contributed by atoms with Crippen LogP contribution >= 0.6 is 0 Å². The number of aliphatic hydroxyl groups excluding tert-OH is 2. The zero-order chi connectivity index (χ0) is 22.2. The number of aliphatic hydroxyl groups is 2. The first-order chi connectivity index (χ1) is 14.8. The molecule has 0 unspecified atom stereocenters. The highest BCUT2D eigenvalue weighted by Gasteiger charge is 2.43. The fourth-order valence-corrected chi connectivity index (χ4v) is 3.68. The van der Waals surface area contributed by atoms with Gasteiger partial charge >= 0.3 is 6.29 Å². The first kappa shape index (κ1) is 21.1. The Labute approximate surface area is 176 Å². The van der Waals surface area contributed by atoms with Crippen molar-refractivity contribution in [2.45, 2.75) is 38.7 Å². The van der Waals surface area contributed by atoms with E-state index < -0.39 is 12.4 Å². The standard InChI is InChI=1S/C22H22F2N2O5/c1-2-16-10-14-9-15(4-5-18(14)26(16)11-17(28)12-27)25-21(29)8-13-3-6-19-20(7-13)31-22(23,24)30-19/h3-7,9-10,17,27-28H,2,8,11-12H2,1H3,(H,25,29)/t17-/m0/s1. The summed E-state index contributed by atoms with van der Waals surface area (Å²) in [5.41, 5.74) is 2.99. The summed E-state index contributed by atoms with van der Waals surface area (Å²) in [5.74, 6) is -0.479. The van der Waals surface area contributed by atoms with Gasteiger partial charge < -0.3 is 29.6 Å². The topological polar surface area (TPSA) is 93.0 Å². The quantitative estimate of drug-likeness (QED) is 0.534. The van der Waals surface area contributed by atoms with E-state index in [0.717, 1.165) is 23.0 Å². The van der Waals surface area contributed by atoms with Crippen LogP contribution in [0.15, 0.2) is 42.5 Å². The van der Waals surface area contributed by atoms with Crippen LogP contribution in [0.3, 0.4) is 0 Å². The van der Waals surface area contributed by atoms with Crippen LogP contribution in [-0.4, -0.2) is 39.7 Å². The number of anilines is 1. The number of nitrogens with one attached hydrogen (secondary N) is 1. The number of carbonyl (C=O) groups excluding carboxylic acids is 1. The smallest absolute Gasteiger partial charge is 0.395 e. The molecule has 3 aromatic rings. The van der Waals surface area contributed by atoms with E-state index in [2.05, 4.69) is 14.8 Å². The minimum absolute atomic E-state index is 0.0236. The number of aromatic nitrogens is 1. The Hall–Kier alpha value is -3.17. The van der Waals surface area contributed by atoms with Crippen molar-refractivity contribution in [1.82, 2.24) is 4.57 Å². The molecule has 1 aliphatic rings. The Bertz CT molecular complexity index is 1130. The largest absolute Gasteiger partial charge is 0.586 e. The van der Waals surface area contributed by atoms with Gasteiger partial charge in [-0.3, -0.25) is 4.79 Å². The molecule has 2 heterocycles. The summed E-state index contributed by atoms with van der Waals surface area (Å²) in [7, 11) is 0. The number of aryl methyl sites for hydroxylation is 1. The molecule has 1 atom stereocenters. The van der Waals surface area contributed by atoms with Crippen molar-refractivity contribution in [2.75, 3.05) is 11.9 Å². The Morgan fingerprint density at radius 1 is 1.16 bits per heavy atom. The van der Waals surface area contributed by atoms with Gasteiger partial charge in [-0.05, 0) is 48.4 Å². The van der Waals surface area contributed by atoms with Crippen molar-refractivity contribution in [3.05, 3.63) is 53.7 Å². The monoisotopic (exact) mass is 432 g/mol. The maximum Gasteiger partial charge on any atom is 0.586 e. The van der Waals surface area contributed by atoms with Crippen molar-refractivity contribution < 1.29 is 33.3 Å². The second kappa shape index (κ2) is 8.16. The SMILES string of the molecule is CCc1cc2cc(NC(=O)Cc3ccc4c(c3)OC(F)(F)O4)ccc2n1C[C@H](O)CO. The summed E-state index contributed by atoms with van der Waals surface area (Å²) in [6, 6.07) is 11.6. The Morgan fingerprint density at radius 2 is 1.94 bits per heavy atom. The van der Waals surface area contributed by atoms with Gasteiger partial charge in [0.15, 0.2) is 11.5 Å². The number of hydrogen-bond acceptors (Lipinski definition) is 5. The predicted octanol–water partition coefficient (Wildman–Crippen LogP) is 3.06. The lowest BCUT2D eigenvalue weighted by atomic mass is 10.1. The maximum atomic E-state index is 13.1. The van der Waals surface area contributed by atoms with E-state index in [9.17, 15) is 18.7 Å². The second-order valence-corrected chi connectivity index (χ2v) is 7.38. The van der Waals surface area contributed by atoms with Crippen LogP contribution in [0.1, 0.15) is 18.2 Å². The number of carbonyl (C=O) groups is 1. The van der Waals surface area contributed by atoms with Crippen LogP contribution in [0.4, 0.5) is 14.5 Å². The van der Waals surface area contributed by atoms with Gasteiger partial charge in [0, 0.05) is 22.3 Å². The number of fused-ring (bicyclic) bond motifs is 2. The fraction of sp³-hybridized carbons (Fsp3) is 0.318. The van der Waals surface area contributed by atoms with Crippen molar-refractivity contribution in [3.63, 3.8) is 0 Å². The Morgan fingerprint density at radius 3 is 2.68 bits per heavy atom. The van der Waals surface area contributed by atoms with E-state index in [0.29, 0.717) is 11.3 Å². The van der Waals surface area contributed by atoms with E-state index >= 15 is 0 Å².